The molecule has 0 aliphatic carbocycles. The van der Waals surface area contributed by atoms with Crippen molar-refractivity contribution in [1.29, 1.82) is 0 Å². The number of rotatable bonds is 9. The smallest absolute Gasteiger partial charge is 0.242 e. The van der Waals surface area contributed by atoms with Gasteiger partial charge in [0.15, 0.2) is 0 Å². The molecule has 0 saturated heterocycles. The van der Waals surface area contributed by atoms with Crippen LogP contribution in [0.2, 0.25) is 0 Å². The number of benzene rings is 2. The predicted octanol–water partition coefficient (Wildman–Crippen LogP) is 1.76. The van der Waals surface area contributed by atoms with Crippen LogP contribution in [0.4, 0.5) is 5.69 Å². The third-order valence-electron chi connectivity index (χ3n) is 3.60. The van der Waals surface area contributed by atoms with Gasteiger partial charge >= 0.3 is 0 Å². The normalized spacial score (nSPS) is 11.8. The lowest BCUT2D eigenvalue weighted by Crippen LogP contribution is -2.41. The highest BCUT2D eigenvalue weighted by Crippen LogP contribution is 2.17. The van der Waals surface area contributed by atoms with Gasteiger partial charge in [0.1, 0.15) is 18.1 Å². The average Bonchev–Trinajstić information content (AvgIpc) is 2.67. The summed E-state index contributed by atoms with van der Waals surface area (Å²) in [6, 6.07) is 11.6. The SMILES string of the molecule is COc1ccc(S(=O)(=O)N[C@@H](C)C(=O)Nc2ccc(OCCN)cc2)cc1.Cl. The molecule has 8 nitrogen and oxygen atoms in total. The molecular formula is C18H24ClN3O5S. The highest BCUT2D eigenvalue weighted by Gasteiger charge is 2.22. The van der Waals surface area contributed by atoms with E-state index in [0.717, 1.165) is 0 Å². The standard InChI is InChI=1S/C18H23N3O5S.ClH/c1-13(21-27(23,24)17-9-7-15(25-2)8-10-17)18(22)20-14-3-5-16(6-4-14)26-12-11-19;/h3-10,13,21H,11-12,19H2,1-2H3,(H,20,22);1H/t13-;/m0./s1. The number of nitrogens with one attached hydrogen (secondary N) is 2. The molecule has 0 unspecified atom stereocenters. The van der Waals surface area contributed by atoms with Gasteiger partial charge in [-0.15, -0.1) is 12.4 Å². The molecule has 0 aliphatic heterocycles. The van der Waals surface area contributed by atoms with E-state index in [1.54, 1.807) is 24.3 Å². The Balaban J connectivity index is 0.00000392. The Hall–Kier alpha value is -2.33. The Morgan fingerprint density at radius 3 is 2.18 bits per heavy atom. The summed E-state index contributed by atoms with van der Waals surface area (Å²) >= 11 is 0. The van der Waals surface area contributed by atoms with Crippen molar-refractivity contribution in [3.8, 4) is 11.5 Å². The minimum atomic E-state index is -3.84. The summed E-state index contributed by atoms with van der Waals surface area (Å²) in [7, 11) is -2.35. The van der Waals surface area contributed by atoms with Crippen LogP contribution < -0.4 is 25.2 Å². The third-order valence-corrected chi connectivity index (χ3v) is 5.16. The summed E-state index contributed by atoms with van der Waals surface area (Å²) < 4.78 is 37.5. The van der Waals surface area contributed by atoms with Crippen LogP contribution >= 0.6 is 12.4 Å². The van der Waals surface area contributed by atoms with E-state index in [0.29, 0.717) is 30.3 Å². The molecule has 2 aromatic rings. The molecule has 28 heavy (non-hydrogen) atoms. The average molecular weight is 430 g/mol. The maximum absolute atomic E-state index is 12.4. The number of nitrogens with two attached hydrogens (primary N) is 1. The van der Waals surface area contributed by atoms with Crippen molar-refractivity contribution in [2.24, 2.45) is 5.73 Å². The van der Waals surface area contributed by atoms with E-state index < -0.39 is 22.0 Å². The van der Waals surface area contributed by atoms with Crippen molar-refractivity contribution in [2.75, 3.05) is 25.6 Å². The fraction of sp³-hybridized carbons (Fsp3) is 0.278. The van der Waals surface area contributed by atoms with E-state index in [2.05, 4.69) is 10.0 Å². The molecule has 0 aliphatic rings. The first-order valence-electron chi connectivity index (χ1n) is 8.26. The van der Waals surface area contributed by atoms with Gasteiger partial charge in [0.2, 0.25) is 15.9 Å². The van der Waals surface area contributed by atoms with Crippen LogP contribution in [-0.4, -0.2) is 40.6 Å². The van der Waals surface area contributed by atoms with Gasteiger partial charge in [-0.2, -0.15) is 4.72 Å². The lowest BCUT2D eigenvalue weighted by Gasteiger charge is -2.15. The van der Waals surface area contributed by atoms with Gasteiger partial charge in [0.25, 0.3) is 0 Å². The molecule has 0 radical (unpaired) electrons. The van der Waals surface area contributed by atoms with Gasteiger partial charge in [0, 0.05) is 12.2 Å². The zero-order valence-corrected chi connectivity index (χ0v) is 17.2. The first kappa shape index (κ1) is 23.7. The summed E-state index contributed by atoms with van der Waals surface area (Å²) in [5.74, 6) is 0.688. The topological polar surface area (TPSA) is 120 Å². The largest absolute Gasteiger partial charge is 0.497 e. The maximum Gasteiger partial charge on any atom is 0.242 e. The number of amides is 1. The molecule has 2 rings (SSSR count). The molecule has 0 aromatic heterocycles. The molecular weight excluding hydrogens is 406 g/mol. The number of ether oxygens (including phenoxy) is 2. The molecule has 0 fully saturated rings. The predicted molar refractivity (Wildman–Crippen MR) is 110 cm³/mol. The van der Waals surface area contributed by atoms with Crippen molar-refractivity contribution in [1.82, 2.24) is 4.72 Å². The number of anilines is 1. The Kier molecular flexibility index (Phi) is 9.20. The van der Waals surface area contributed by atoms with E-state index in [-0.39, 0.29) is 17.3 Å². The Bertz CT molecular complexity index is 858. The highest BCUT2D eigenvalue weighted by molar-refractivity contribution is 7.89. The zero-order chi connectivity index (χ0) is 19.9. The van der Waals surface area contributed by atoms with Crippen molar-refractivity contribution in [3.63, 3.8) is 0 Å². The van der Waals surface area contributed by atoms with Gasteiger partial charge in [-0.25, -0.2) is 8.42 Å². The van der Waals surface area contributed by atoms with Gasteiger partial charge in [-0.05, 0) is 55.5 Å². The van der Waals surface area contributed by atoms with Crippen LogP contribution in [-0.2, 0) is 14.8 Å². The number of carbonyl (C=O) groups excluding carboxylic acids is 1. The molecule has 4 N–H and O–H groups in total. The van der Waals surface area contributed by atoms with Gasteiger partial charge in [0.05, 0.1) is 18.0 Å². The van der Waals surface area contributed by atoms with Crippen molar-refractivity contribution in [3.05, 3.63) is 48.5 Å². The number of hydrogen-bond acceptors (Lipinski definition) is 6. The summed E-state index contributed by atoms with van der Waals surface area (Å²) in [4.78, 5) is 12.3. The highest BCUT2D eigenvalue weighted by atomic mass is 35.5. The van der Waals surface area contributed by atoms with Crippen molar-refractivity contribution < 1.29 is 22.7 Å². The molecule has 1 atom stereocenters. The van der Waals surface area contributed by atoms with Crippen LogP contribution in [0.3, 0.4) is 0 Å². The monoisotopic (exact) mass is 429 g/mol. The van der Waals surface area contributed by atoms with Gasteiger partial charge in [-0.3, -0.25) is 4.79 Å². The number of sulfonamides is 1. The van der Waals surface area contributed by atoms with E-state index in [1.165, 1.54) is 38.3 Å². The molecule has 154 valence electrons. The van der Waals surface area contributed by atoms with Crippen LogP contribution in [0, 0.1) is 0 Å². The van der Waals surface area contributed by atoms with Crippen molar-refractivity contribution in [2.45, 2.75) is 17.9 Å². The number of carbonyl (C=O) groups is 1. The lowest BCUT2D eigenvalue weighted by atomic mass is 10.2. The summed E-state index contributed by atoms with van der Waals surface area (Å²) in [5.41, 5.74) is 5.89. The van der Waals surface area contributed by atoms with Crippen molar-refractivity contribution >= 4 is 34.0 Å². The fourth-order valence-corrected chi connectivity index (χ4v) is 3.37. The van der Waals surface area contributed by atoms with E-state index in [9.17, 15) is 13.2 Å². The van der Waals surface area contributed by atoms with Gasteiger partial charge in [-0.1, -0.05) is 0 Å². The summed E-state index contributed by atoms with van der Waals surface area (Å²) in [5, 5.41) is 2.65. The molecule has 0 bridgehead atoms. The first-order chi connectivity index (χ1) is 12.9. The third kappa shape index (κ3) is 6.68. The first-order valence-corrected chi connectivity index (χ1v) is 9.74. The lowest BCUT2D eigenvalue weighted by molar-refractivity contribution is -0.117. The minimum Gasteiger partial charge on any atom is -0.497 e. The quantitative estimate of drug-likeness (QED) is 0.558. The molecule has 0 heterocycles. The van der Waals surface area contributed by atoms with E-state index in [1.807, 2.05) is 0 Å². The molecule has 10 heteroatoms. The fourth-order valence-electron chi connectivity index (χ4n) is 2.17. The Morgan fingerprint density at radius 2 is 1.64 bits per heavy atom. The van der Waals surface area contributed by atoms with E-state index >= 15 is 0 Å². The van der Waals surface area contributed by atoms with Crippen LogP contribution in [0.1, 0.15) is 6.92 Å². The van der Waals surface area contributed by atoms with E-state index in [4.69, 9.17) is 15.2 Å². The maximum atomic E-state index is 12.4. The summed E-state index contributed by atoms with van der Waals surface area (Å²) in [6.45, 7) is 2.27. The molecule has 1 amide bonds. The zero-order valence-electron chi connectivity index (χ0n) is 15.5. The van der Waals surface area contributed by atoms with Gasteiger partial charge < -0.3 is 20.5 Å². The summed E-state index contributed by atoms with van der Waals surface area (Å²) in [6.07, 6.45) is 0. The van der Waals surface area contributed by atoms with Crippen LogP contribution in [0.15, 0.2) is 53.4 Å². The number of methoxy groups -OCH3 is 1. The second-order valence-electron chi connectivity index (χ2n) is 5.67. The second-order valence-corrected chi connectivity index (χ2v) is 7.38. The second kappa shape index (κ2) is 10.9. The Labute approximate surface area is 170 Å². The minimum absolute atomic E-state index is 0. The molecule has 2 aromatic carbocycles. The van der Waals surface area contributed by atoms with Crippen LogP contribution in [0.25, 0.3) is 0 Å². The number of halogens is 1. The van der Waals surface area contributed by atoms with Crippen LogP contribution in [0.5, 0.6) is 11.5 Å². The Morgan fingerprint density at radius 1 is 1.07 bits per heavy atom. The number of hydrogen-bond donors (Lipinski definition) is 3. The molecule has 0 saturated carbocycles. The molecule has 0 spiro atoms.